The van der Waals surface area contributed by atoms with E-state index < -0.39 is 11.5 Å². The number of rotatable bonds is 4. The Hall–Kier alpha value is -3.65. The van der Waals surface area contributed by atoms with Gasteiger partial charge in [-0.05, 0) is 50.8 Å². The van der Waals surface area contributed by atoms with Crippen LogP contribution >= 0.6 is 0 Å². The normalized spacial score (nSPS) is 20.8. The van der Waals surface area contributed by atoms with Gasteiger partial charge in [0.25, 0.3) is 5.69 Å². The molecule has 8 heteroatoms. The van der Waals surface area contributed by atoms with Crippen LogP contribution in [-0.4, -0.2) is 33.5 Å². The van der Waals surface area contributed by atoms with Crippen molar-refractivity contribution in [2.45, 2.75) is 44.2 Å². The number of amides is 1. The molecular weight excluding hydrogens is 420 g/mol. The van der Waals surface area contributed by atoms with E-state index in [-0.39, 0.29) is 11.7 Å². The molecule has 2 aromatic carbocycles. The molecule has 1 saturated carbocycles. The fourth-order valence-corrected chi connectivity index (χ4v) is 4.55. The zero-order chi connectivity index (χ0) is 23.2. The van der Waals surface area contributed by atoms with Crippen molar-refractivity contribution < 1.29 is 19.4 Å². The predicted molar refractivity (Wildman–Crippen MR) is 125 cm³/mol. The molecule has 0 atom stereocenters. The molecule has 0 aliphatic heterocycles. The molecule has 1 aliphatic rings. The summed E-state index contributed by atoms with van der Waals surface area (Å²) in [5.74, 6) is -0.0544. The smallest absolute Gasteiger partial charge is 0.321 e. The number of hydrogen-bond acceptors (Lipinski definition) is 5. The molecule has 4 aromatic rings. The Kier molecular flexibility index (Phi) is 5.17. The van der Waals surface area contributed by atoms with Gasteiger partial charge < -0.3 is 20.4 Å². The van der Waals surface area contributed by atoms with E-state index in [1.54, 1.807) is 24.3 Å². The van der Waals surface area contributed by atoms with E-state index in [1.807, 2.05) is 36.0 Å². The number of anilines is 1. The van der Waals surface area contributed by atoms with Crippen LogP contribution in [0.3, 0.4) is 0 Å². The highest BCUT2D eigenvalue weighted by Crippen LogP contribution is 2.36. The second-order valence-corrected chi connectivity index (χ2v) is 8.97. The van der Waals surface area contributed by atoms with E-state index in [2.05, 4.69) is 5.32 Å². The van der Waals surface area contributed by atoms with E-state index in [0.717, 1.165) is 42.0 Å². The predicted octanol–water partition coefficient (Wildman–Crippen LogP) is 3.95. The third kappa shape index (κ3) is 3.98. The summed E-state index contributed by atoms with van der Waals surface area (Å²) >= 11 is 0. The molecular formula is C25H26N4O4. The van der Waals surface area contributed by atoms with Gasteiger partial charge in [0.05, 0.1) is 30.0 Å². The number of carbonyl (C=O) groups is 1. The maximum absolute atomic E-state index is 13.0. The lowest BCUT2D eigenvalue weighted by Crippen LogP contribution is -2.37. The molecule has 1 aliphatic carbocycles. The molecule has 0 bridgehead atoms. The van der Waals surface area contributed by atoms with Crippen LogP contribution in [0.15, 0.2) is 54.7 Å². The highest BCUT2D eigenvalue weighted by Gasteiger charge is 2.30. The second-order valence-electron chi connectivity index (χ2n) is 8.97. The van der Waals surface area contributed by atoms with Gasteiger partial charge in [0, 0.05) is 35.2 Å². The average molecular weight is 447 g/mol. The molecule has 5 rings (SSSR count). The maximum Gasteiger partial charge on any atom is 0.321 e. The quantitative estimate of drug-likeness (QED) is 0.365. The fraction of sp³-hybridized carbons (Fsp3) is 0.320. The first-order valence-electron chi connectivity index (χ1n) is 11.1. The molecule has 2 heterocycles. The van der Waals surface area contributed by atoms with E-state index in [0.29, 0.717) is 21.7 Å². The number of para-hydroxylation sites is 1. The van der Waals surface area contributed by atoms with Gasteiger partial charge in [-0.3, -0.25) is 9.48 Å². The van der Waals surface area contributed by atoms with Crippen molar-refractivity contribution in [3.8, 4) is 5.75 Å². The van der Waals surface area contributed by atoms with Crippen LogP contribution in [-0.2, 0) is 0 Å². The monoisotopic (exact) mass is 446 g/mol. The minimum absolute atomic E-state index is 0.000744. The number of benzene rings is 2. The van der Waals surface area contributed by atoms with Crippen LogP contribution in [0, 0.1) is 5.21 Å². The van der Waals surface area contributed by atoms with Gasteiger partial charge in [-0.2, -0.15) is 9.83 Å². The molecule has 0 saturated heterocycles. The highest BCUT2D eigenvalue weighted by atomic mass is 16.5. The van der Waals surface area contributed by atoms with Crippen molar-refractivity contribution in [1.29, 1.82) is 0 Å². The van der Waals surface area contributed by atoms with Crippen molar-refractivity contribution >= 4 is 33.4 Å². The van der Waals surface area contributed by atoms with Gasteiger partial charge in [-0.15, -0.1) is 0 Å². The molecule has 1 fully saturated rings. The Morgan fingerprint density at radius 3 is 2.73 bits per heavy atom. The van der Waals surface area contributed by atoms with Crippen LogP contribution < -0.4 is 14.8 Å². The topological polar surface area (TPSA) is 103 Å². The first-order valence-corrected chi connectivity index (χ1v) is 11.1. The summed E-state index contributed by atoms with van der Waals surface area (Å²) in [6.45, 7) is 1.88. The molecule has 1 amide bonds. The van der Waals surface area contributed by atoms with E-state index in [9.17, 15) is 15.1 Å². The largest absolute Gasteiger partial charge is 0.618 e. The number of ether oxygens (including phenoxy) is 1. The van der Waals surface area contributed by atoms with Crippen molar-refractivity contribution in [3.63, 3.8) is 0 Å². The Labute approximate surface area is 191 Å². The Morgan fingerprint density at radius 2 is 1.97 bits per heavy atom. The number of methoxy groups -OCH3 is 1. The lowest BCUT2D eigenvalue weighted by Gasteiger charge is -2.33. The number of hydrogen-bond donors (Lipinski definition) is 2. The fourth-order valence-electron chi connectivity index (χ4n) is 4.55. The first-order chi connectivity index (χ1) is 15.8. The number of aliphatic hydroxyl groups is 1. The first kappa shape index (κ1) is 21.2. The Morgan fingerprint density at radius 1 is 1.21 bits per heavy atom. The Balaban J connectivity index is 1.44. The van der Waals surface area contributed by atoms with Crippen molar-refractivity contribution in [1.82, 2.24) is 9.78 Å². The third-order valence-electron chi connectivity index (χ3n) is 6.53. The average Bonchev–Trinajstić information content (AvgIpc) is 3.21. The van der Waals surface area contributed by atoms with E-state index in [1.165, 1.54) is 13.2 Å². The maximum atomic E-state index is 13.0. The van der Waals surface area contributed by atoms with Gasteiger partial charge in [-0.1, -0.05) is 12.1 Å². The van der Waals surface area contributed by atoms with Gasteiger partial charge in [0.15, 0.2) is 0 Å². The number of fused-ring (bicyclic) bond motifs is 2. The summed E-state index contributed by atoms with van der Waals surface area (Å²) in [5.41, 5.74) is 1.05. The zero-order valence-corrected chi connectivity index (χ0v) is 18.6. The molecule has 170 valence electrons. The number of aromatic nitrogens is 3. The van der Waals surface area contributed by atoms with Crippen LogP contribution in [0.2, 0.25) is 0 Å². The van der Waals surface area contributed by atoms with Crippen molar-refractivity contribution in [2.24, 2.45) is 0 Å². The summed E-state index contributed by atoms with van der Waals surface area (Å²) in [6.07, 6.45) is 5.14. The minimum Gasteiger partial charge on any atom is -0.618 e. The zero-order valence-electron chi connectivity index (χ0n) is 18.6. The van der Waals surface area contributed by atoms with Crippen LogP contribution in [0.1, 0.15) is 49.1 Å². The van der Waals surface area contributed by atoms with Gasteiger partial charge >= 0.3 is 5.91 Å². The molecule has 0 spiro atoms. The number of nitrogens with zero attached hydrogens (tertiary/aromatic N) is 3. The summed E-state index contributed by atoms with van der Waals surface area (Å²) < 4.78 is 8.08. The SMILES string of the molecule is COc1cc2nn(C3CCC(C)(O)CC3)cc2cc1NC(=O)c1ccc2ccccc2[n+]1[O-]. The standard InChI is InChI=1S/C25H26N4O4/c1-25(31)11-9-18(10-12-25)28-15-17-13-20(23(33-2)14-19(17)27-28)26-24(30)22-8-7-16-5-3-4-6-21(16)29(22)32/h3-8,13-15,18,31H,9-12H2,1-2H3,(H,26,30). The molecule has 2 aromatic heterocycles. The van der Waals surface area contributed by atoms with Crippen LogP contribution in [0.25, 0.3) is 21.8 Å². The number of carbonyl (C=O) groups excluding carboxylic acids is 1. The van der Waals surface area contributed by atoms with Crippen molar-refractivity contribution in [3.05, 3.63) is 65.6 Å². The van der Waals surface area contributed by atoms with E-state index in [4.69, 9.17) is 9.84 Å². The lowest BCUT2D eigenvalue weighted by atomic mass is 9.84. The molecule has 2 N–H and O–H groups in total. The van der Waals surface area contributed by atoms with Gasteiger partial charge in [0.1, 0.15) is 5.75 Å². The van der Waals surface area contributed by atoms with Crippen LogP contribution in [0.5, 0.6) is 5.75 Å². The minimum atomic E-state index is -0.606. The van der Waals surface area contributed by atoms with Crippen LogP contribution in [0.4, 0.5) is 5.69 Å². The molecule has 0 unspecified atom stereocenters. The lowest BCUT2D eigenvalue weighted by molar-refractivity contribution is -0.579. The molecule has 8 nitrogen and oxygen atoms in total. The summed E-state index contributed by atoms with van der Waals surface area (Å²) in [7, 11) is 1.53. The number of nitrogens with one attached hydrogen (secondary N) is 1. The van der Waals surface area contributed by atoms with Gasteiger partial charge in [0.2, 0.25) is 5.52 Å². The summed E-state index contributed by atoms with van der Waals surface area (Å²) in [4.78, 5) is 13.0. The number of pyridine rings is 1. The Bertz CT molecular complexity index is 1350. The third-order valence-corrected chi connectivity index (χ3v) is 6.53. The molecule has 33 heavy (non-hydrogen) atoms. The summed E-state index contributed by atoms with van der Waals surface area (Å²) in [6, 6.07) is 14.2. The second kappa shape index (κ2) is 8.04. The molecule has 0 radical (unpaired) electrons. The van der Waals surface area contributed by atoms with Crippen molar-refractivity contribution in [2.75, 3.05) is 12.4 Å². The summed E-state index contributed by atoms with van der Waals surface area (Å²) in [5, 5.41) is 32.1. The highest BCUT2D eigenvalue weighted by molar-refractivity contribution is 6.04. The van der Waals surface area contributed by atoms with E-state index >= 15 is 0 Å². The van der Waals surface area contributed by atoms with Gasteiger partial charge in [-0.25, -0.2) is 0 Å².